The number of hydrogen-bond acceptors (Lipinski definition) is 5. The van der Waals surface area contributed by atoms with Gasteiger partial charge in [-0.25, -0.2) is 17.9 Å². The SMILES string of the molecule is CCCNS(=O)(=O)c1ccc(C=CC(=O)OCCCNC(C)=O)cc1. The summed E-state index contributed by atoms with van der Waals surface area (Å²) in [5.74, 6) is -0.620. The maximum Gasteiger partial charge on any atom is 0.330 e. The molecule has 7 nitrogen and oxygen atoms in total. The standard InChI is InChI=1S/C17H24N2O5S/c1-3-11-19-25(22,23)16-8-5-15(6-9-16)7-10-17(21)24-13-4-12-18-14(2)20/h5-10,19H,3-4,11-13H2,1-2H3,(H,18,20). The monoisotopic (exact) mass is 368 g/mol. The van der Waals surface area contributed by atoms with Gasteiger partial charge in [0.15, 0.2) is 0 Å². The molecule has 0 bridgehead atoms. The van der Waals surface area contributed by atoms with Gasteiger partial charge in [0, 0.05) is 26.1 Å². The number of rotatable bonds is 10. The van der Waals surface area contributed by atoms with Crippen molar-refractivity contribution in [1.29, 1.82) is 0 Å². The molecule has 1 aromatic rings. The van der Waals surface area contributed by atoms with Gasteiger partial charge in [0.1, 0.15) is 0 Å². The molecule has 0 heterocycles. The van der Waals surface area contributed by atoms with E-state index in [4.69, 9.17) is 4.74 Å². The largest absolute Gasteiger partial charge is 0.462 e. The molecule has 0 aliphatic carbocycles. The van der Waals surface area contributed by atoms with Gasteiger partial charge in [-0.3, -0.25) is 4.79 Å². The molecule has 8 heteroatoms. The summed E-state index contributed by atoms with van der Waals surface area (Å²) >= 11 is 0. The summed E-state index contributed by atoms with van der Waals surface area (Å²) in [7, 11) is -3.49. The van der Waals surface area contributed by atoms with Gasteiger partial charge in [-0.2, -0.15) is 0 Å². The highest BCUT2D eigenvalue weighted by atomic mass is 32.2. The molecule has 1 amide bonds. The van der Waals surface area contributed by atoms with E-state index in [9.17, 15) is 18.0 Å². The fourth-order valence-electron chi connectivity index (χ4n) is 1.80. The number of nitrogens with one attached hydrogen (secondary N) is 2. The third-order valence-corrected chi connectivity index (χ3v) is 4.56. The molecular formula is C17H24N2O5S. The number of sulfonamides is 1. The molecule has 1 aromatic carbocycles. The van der Waals surface area contributed by atoms with Crippen LogP contribution in [-0.4, -0.2) is 40.0 Å². The molecule has 0 spiro atoms. The average Bonchev–Trinajstić information content (AvgIpc) is 2.58. The molecule has 0 aliphatic rings. The molecule has 0 aromatic heterocycles. The summed E-state index contributed by atoms with van der Waals surface area (Å²) in [5, 5.41) is 2.60. The van der Waals surface area contributed by atoms with Crippen molar-refractivity contribution >= 4 is 28.0 Å². The molecular weight excluding hydrogens is 344 g/mol. The Bertz CT molecular complexity index is 696. The predicted molar refractivity (Wildman–Crippen MR) is 95.2 cm³/mol. The van der Waals surface area contributed by atoms with Crippen LogP contribution in [0.1, 0.15) is 32.3 Å². The lowest BCUT2D eigenvalue weighted by Crippen LogP contribution is -2.24. The number of benzene rings is 1. The third kappa shape index (κ3) is 8.46. The summed E-state index contributed by atoms with van der Waals surface area (Å²) in [4.78, 5) is 22.4. The van der Waals surface area contributed by atoms with E-state index in [1.54, 1.807) is 18.2 Å². The fraction of sp³-hybridized carbons (Fsp3) is 0.412. The quantitative estimate of drug-likeness (QED) is 0.370. The first-order valence-electron chi connectivity index (χ1n) is 8.04. The second-order valence-electron chi connectivity index (χ2n) is 5.30. The maximum absolute atomic E-state index is 12.0. The molecule has 0 saturated heterocycles. The first kappa shape index (κ1) is 20.9. The highest BCUT2D eigenvalue weighted by Crippen LogP contribution is 2.11. The molecule has 1 rings (SSSR count). The van der Waals surface area contributed by atoms with Crippen molar-refractivity contribution in [2.45, 2.75) is 31.6 Å². The van der Waals surface area contributed by atoms with Crippen LogP contribution in [-0.2, 0) is 24.3 Å². The van der Waals surface area contributed by atoms with Crippen molar-refractivity contribution in [1.82, 2.24) is 10.0 Å². The summed E-state index contributed by atoms with van der Waals surface area (Å²) in [5.41, 5.74) is 0.685. The highest BCUT2D eigenvalue weighted by molar-refractivity contribution is 7.89. The van der Waals surface area contributed by atoms with E-state index >= 15 is 0 Å². The van der Waals surface area contributed by atoms with Crippen LogP contribution in [0, 0.1) is 0 Å². The molecule has 0 atom stereocenters. The Morgan fingerprint density at radius 1 is 1.16 bits per heavy atom. The van der Waals surface area contributed by atoms with Crippen LogP contribution < -0.4 is 10.0 Å². The van der Waals surface area contributed by atoms with Crippen molar-refractivity contribution in [2.24, 2.45) is 0 Å². The van der Waals surface area contributed by atoms with Gasteiger partial charge in [0.2, 0.25) is 15.9 Å². The summed E-state index contributed by atoms with van der Waals surface area (Å²) < 4.78 is 31.4. The first-order chi connectivity index (χ1) is 11.8. The van der Waals surface area contributed by atoms with E-state index in [0.717, 1.165) is 0 Å². The second kappa shape index (κ2) is 10.6. The van der Waals surface area contributed by atoms with Crippen LogP contribution >= 0.6 is 0 Å². The molecule has 25 heavy (non-hydrogen) atoms. The highest BCUT2D eigenvalue weighted by Gasteiger charge is 2.12. The number of ether oxygens (including phenoxy) is 1. The van der Waals surface area contributed by atoms with Gasteiger partial charge in [-0.05, 0) is 36.6 Å². The topological polar surface area (TPSA) is 102 Å². The average molecular weight is 368 g/mol. The Balaban J connectivity index is 2.47. The fourth-order valence-corrected chi connectivity index (χ4v) is 2.93. The van der Waals surface area contributed by atoms with Crippen molar-refractivity contribution < 1.29 is 22.7 Å². The van der Waals surface area contributed by atoms with Crippen molar-refractivity contribution in [3.8, 4) is 0 Å². The lowest BCUT2D eigenvalue weighted by Gasteiger charge is -2.05. The van der Waals surface area contributed by atoms with Crippen LogP contribution in [0.4, 0.5) is 0 Å². The summed E-state index contributed by atoms with van der Waals surface area (Å²) in [6.07, 6.45) is 4.08. The van der Waals surface area contributed by atoms with Crippen molar-refractivity contribution in [3.05, 3.63) is 35.9 Å². The van der Waals surface area contributed by atoms with E-state index in [1.165, 1.54) is 25.1 Å². The van der Waals surface area contributed by atoms with Gasteiger partial charge in [0.25, 0.3) is 0 Å². The minimum absolute atomic E-state index is 0.124. The third-order valence-electron chi connectivity index (χ3n) is 3.08. The number of carbonyl (C=O) groups is 2. The van der Waals surface area contributed by atoms with Crippen molar-refractivity contribution in [2.75, 3.05) is 19.7 Å². The van der Waals surface area contributed by atoms with Crippen LogP contribution in [0.2, 0.25) is 0 Å². The van der Waals surface area contributed by atoms with Crippen molar-refractivity contribution in [3.63, 3.8) is 0 Å². The van der Waals surface area contributed by atoms with E-state index < -0.39 is 16.0 Å². The Labute approximate surface area is 148 Å². The number of carbonyl (C=O) groups excluding carboxylic acids is 2. The van der Waals surface area contributed by atoms with E-state index in [-0.39, 0.29) is 17.4 Å². The van der Waals surface area contributed by atoms with Gasteiger partial charge in [0.05, 0.1) is 11.5 Å². The van der Waals surface area contributed by atoms with Crippen LogP contribution in [0.25, 0.3) is 6.08 Å². The lowest BCUT2D eigenvalue weighted by atomic mass is 10.2. The molecule has 0 unspecified atom stereocenters. The van der Waals surface area contributed by atoms with Crippen LogP contribution in [0.15, 0.2) is 35.2 Å². The maximum atomic E-state index is 12.0. The van der Waals surface area contributed by atoms with Gasteiger partial charge in [-0.1, -0.05) is 19.1 Å². The van der Waals surface area contributed by atoms with E-state index in [2.05, 4.69) is 10.0 Å². The summed E-state index contributed by atoms with van der Waals surface area (Å²) in [6, 6.07) is 6.19. The molecule has 0 radical (unpaired) electrons. The van der Waals surface area contributed by atoms with Crippen LogP contribution in [0.5, 0.6) is 0 Å². The van der Waals surface area contributed by atoms with Crippen LogP contribution in [0.3, 0.4) is 0 Å². The minimum atomic E-state index is -3.49. The minimum Gasteiger partial charge on any atom is -0.462 e. The Kier molecular flexibility index (Phi) is 8.87. The molecule has 0 fully saturated rings. The zero-order chi connectivity index (χ0) is 18.7. The number of amides is 1. The van der Waals surface area contributed by atoms with Gasteiger partial charge < -0.3 is 10.1 Å². The first-order valence-corrected chi connectivity index (χ1v) is 9.52. The van der Waals surface area contributed by atoms with E-state index in [0.29, 0.717) is 31.5 Å². The van der Waals surface area contributed by atoms with Gasteiger partial charge in [-0.15, -0.1) is 0 Å². The molecule has 0 saturated carbocycles. The smallest absolute Gasteiger partial charge is 0.330 e. The predicted octanol–water partition coefficient (Wildman–Crippen LogP) is 1.46. The lowest BCUT2D eigenvalue weighted by molar-refractivity contribution is -0.137. The van der Waals surface area contributed by atoms with E-state index in [1.807, 2.05) is 6.92 Å². The Morgan fingerprint density at radius 2 is 1.84 bits per heavy atom. The second-order valence-corrected chi connectivity index (χ2v) is 7.07. The van der Waals surface area contributed by atoms with Gasteiger partial charge >= 0.3 is 5.97 Å². The number of esters is 1. The zero-order valence-electron chi connectivity index (χ0n) is 14.4. The summed E-state index contributed by atoms with van der Waals surface area (Å²) in [6.45, 7) is 4.36. The normalized spacial score (nSPS) is 11.4. The number of hydrogen-bond donors (Lipinski definition) is 2. The Hall–Kier alpha value is -2.19. The molecule has 0 aliphatic heterocycles. The molecule has 2 N–H and O–H groups in total. The molecule has 138 valence electrons. The Morgan fingerprint density at radius 3 is 2.44 bits per heavy atom. The zero-order valence-corrected chi connectivity index (χ0v) is 15.3.